The molecule has 108 valence electrons. The lowest BCUT2D eigenvalue weighted by molar-refractivity contribution is 0.546. The minimum absolute atomic E-state index is 0.564. The van der Waals surface area contributed by atoms with Crippen LogP contribution in [0.5, 0.6) is 0 Å². The molecule has 0 spiro atoms. The summed E-state index contributed by atoms with van der Waals surface area (Å²) >= 11 is 15.8. The summed E-state index contributed by atoms with van der Waals surface area (Å²) < 4.78 is 2.56. The molecule has 0 aliphatic carbocycles. The second-order valence-corrected chi connectivity index (χ2v) is 6.72. The van der Waals surface area contributed by atoms with Crippen molar-refractivity contribution in [1.29, 1.82) is 0 Å². The summed E-state index contributed by atoms with van der Waals surface area (Å²) in [5.74, 6) is 0.618. The van der Waals surface area contributed by atoms with Crippen LogP contribution in [0.15, 0.2) is 28.9 Å². The summed E-state index contributed by atoms with van der Waals surface area (Å²) in [5.41, 5.74) is 1.66. The molecule has 0 saturated heterocycles. The monoisotopic (exact) mass is 375 g/mol. The molecule has 0 radical (unpaired) electrons. The predicted octanol–water partition coefficient (Wildman–Crippen LogP) is 4.69. The van der Waals surface area contributed by atoms with Gasteiger partial charge in [0.05, 0.1) is 15.7 Å². The summed E-state index contributed by atoms with van der Waals surface area (Å²) in [7, 11) is 0. The Balaban J connectivity index is 2.17. The van der Waals surface area contributed by atoms with Crippen molar-refractivity contribution in [3.05, 3.63) is 44.6 Å². The Hall–Kier alpha value is -0.550. The normalized spacial score (nSPS) is 11.3. The minimum Gasteiger partial charge on any atom is -0.311 e. The lowest BCUT2D eigenvalue weighted by atomic mass is 10.2. The first-order chi connectivity index (χ1) is 9.47. The highest BCUT2D eigenvalue weighted by Crippen LogP contribution is 2.31. The SMILES string of the molecule is CC(C)CNCc1ccn(-c2c(Cl)cc(Br)cc2Cl)n1. The van der Waals surface area contributed by atoms with Gasteiger partial charge in [0, 0.05) is 17.2 Å². The van der Waals surface area contributed by atoms with E-state index in [2.05, 4.69) is 40.2 Å². The molecule has 1 aromatic heterocycles. The Morgan fingerprint density at radius 3 is 2.55 bits per heavy atom. The van der Waals surface area contributed by atoms with Crippen molar-refractivity contribution in [2.24, 2.45) is 5.92 Å². The molecule has 2 aromatic rings. The minimum atomic E-state index is 0.564. The van der Waals surface area contributed by atoms with Crippen molar-refractivity contribution in [3.8, 4) is 5.69 Å². The van der Waals surface area contributed by atoms with Gasteiger partial charge in [0.2, 0.25) is 0 Å². The summed E-state index contributed by atoms with van der Waals surface area (Å²) in [5, 5.41) is 8.98. The van der Waals surface area contributed by atoms with E-state index in [0.29, 0.717) is 21.7 Å². The van der Waals surface area contributed by atoms with Gasteiger partial charge in [-0.1, -0.05) is 53.0 Å². The molecule has 0 atom stereocenters. The third-order valence-corrected chi connectivity index (χ3v) is 3.75. The highest BCUT2D eigenvalue weighted by Gasteiger charge is 2.11. The first-order valence-electron chi connectivity index (χ1n) is 6.37. The van der Waals surface area contributed by atoms with Gasteiger partial charge in [-0.05, 0) is 30.7 Å². The van der Waals surface area contributed by atoms with Crippen molar-refractivity contribution in [2.75, 3.05) is 6.54 Å². The molecule has 1 N–H and O–H groups in total. The molecule has 2 rings (SSSR count). The van der Waals surface area contributed by atoms with Crippen LogP contribution in [-0.2, 0) is 6.54 Å². The molecule has 6 heteroatoms. The van der Waals surface area contributed by atoms with E-state index in [1.165, 1.54) is 0 Å². The van der Waals surface area contributed by atoms with Crippen molar-refractivity contribution in [2.45, 2.75) is 20.4 Å². The van der Waals surface area contributed by atoms with Crippen LogP contribution >= 0.6 is 39.1 Å². The molecule has 1 heterocycles. The van der Waals surface area contributed by atoms with Gasteiger partial charge in [0.15, 0.2) is 0 Å². The lowest BCUT2D eigenvalue weighted by Gasteiger charge is -2.08. The Labute approximate surface area is 137 Å². The highest BCUT2D eigenvalue weighted by atomic mass is 79.9. The fourth-order valence-electron chi connectivity index (χ4n) is 1.82. The van der Waals surface area contributed by atoms with E-state index in [-0.39, 0.29) is 0 Å². The molecule has 0 aliphatic rings. The molecular formula is C14H16BrCl2N3. The summed E-state index contributed by atoms with van der Waals surface area (Å²) in [6.45, 7) is 6.05. The lowest BCUT2D eigenvalue weighted by Crippen LogP contribution is -2.19. The zero-order valence-corrected chi connectivity index (χ0v) is 14.4. The van der Waals surface area contributed by atoms with Crippen LogP contribution in [0.4, 0.5) is 0 Å². The van der Waals surface area contributed by atoms with E-state index in [1.807, 2.05) is 12.3 Å². The van der Waals surface area contributed by atoms with E-state index >= 15 is 0 Å². The van der Waals surface area contributed by atoms with Crippen molar-refractivity contribution in [1.82, 2.24) is 15.1 Å². The number of hydrogen-bond acceptors (Lipinski definition) is 2. The van der Waals surface area contributed by atoms with Crippen LogP contribution in [0.3, 0.4) is 0 Å². The number of nitrogens with zero attached hydrogens (tertiary/aromatic N) is 2. The molecule has 0 fully saturated rings. The maximum absolute atomic E-state index is 6.23. The second-order valence-electron chi connectivity index (χ2n) is 4.99. The van der Waals surface area contributed by atoms with Gasteiger partial charge in [-0.15, -0.1) is 0 Å². The van der Waals surface area contributed by atoms with Crippen LogP contribution in [0, 0.1) is 5.92 Å². The van der Waals surface area contributed by atoms with Crippen molar-refractivity contribution in [3.63, 3.8) is 0 Å². The summed E-state index contributed by atoms with van der Waals surface area (Å²) in [6.07, 6.45) is 1.87. The zero-order chi connectivity index (χ0) is 14.7. The van der Waals surface area contributed by atoms with Crippen LogP contribution in [0.25, 0.3) is 5.69 Å². The van der Waals surface area contributed by atoms with Crippen LogP contribution < -0.4 is 5.32 Å². The van der Waals surface area contributed by atoms with Crippen LogP contribution in [-0.4, -0.2) is 16.3 Å². The molecule has 0 unspecified atom stereocenters. The Bertz CT molecular complexity index is 573. The van der Waals surface area contributed by atoms with Gasteiger partial charge in [0.1, 0.15) is 5.69 Å². The van der Waals surface area contributed by atoms with E-state index < -0.39 is 0 Å². The molecule has 3 nitrogen and oxygen atoms in total. The van der Waals surface area contributed by atoms with Crippen molar-refractivity contribution >= 4 is 39.1 Å². The molecular weight excluding hydrogens is 361 g/mol. The van der Waals surface area contributed by atoms with Crippen LogP contribution in [0.2, 0.25) is 10.0 Å². The standard InChI is InChI=1S/C14H16BrCl2N3/c1-9(2)7-18-8-11-3-4-20(19-11)14-12(16)5-10(15)6-13(14)17/h3-6,9,18H,7-8H2,1-2H3. The van der Waals surface area contributed by atoms with E-state index in [9.17, 15) is 0 Å². The van der Waals surface area contributed by atoms with Crippen molar-refractivity contribution < 1.29 is 0 Å². The number of halogens is 3. The van der Waals surface area contributed by atoms with Crippen LogP contribution in [0.1, 0.15) is 19.5 Å². The third kappa shape index (κ3) is 3.98. The average molecular weight is 377 g/mol. The number of aromatic nitrogens is 2. The highest BCUT2D eigenvalue weighted by molar-refractivity contribution is 9.10. The first kappa shape index (κ1) is 15.8. The quantitative estimate of drug-likeness (QED) is 0.820. The topological polar surface area (TPSA) is 29.9 Å². The predicted molar refractivity (Wildman–Crippen MR) is 87.8 cm³/mol. The van der Waals surface area contributed by atoms with E-state index in [0.717, 1.165) is 23.3 Å². The molecule has 0 saturated carbocycles. The average Bonchev–Trinajstić information content (AvgIpc) is 2.75. The van der Waals surface area contributed by atoms with Gasteiger partial charge in [0.25, 0.3) is 0 Å². The number of hydrogen-bond donors (Lipinski definition) is 1. The van der Waals surface area contributed by atoms with Gasteiger partial charge in [-0.3, -0.25) is 0 Å². The van der Waals surface area contributed by atoms with Gasteiger partial charge in [-0.2, -0.15) is 5.10 Å². The number of rotatable bonds is 5. The molecule has 0 amide bonds. The molecule has 0 bridgehead atoms. The van der Waals surface area contributed by atoms with E-state index in [4.69, 9.17) is 23.2 Å². The largest absolute Gasteiger partial charge is 0.311 e. The smallest absolute Gasteiger partial charge is 0.102 e. The Morgan fingerprint density at radius 1 is 1.30 bits per heavy atom. The number of nitrogens with one attached hydrogen (secondary N) is 1. The number of benzene rings is 1. The zero-order valence-electron chi connectivity index (χ0n) is 11.3. The molecule has 1 aromatic carbocycles. The molecule has 20 heavy (non-hydrogen) atoms. The summed E-state index contributed by atoms with van der Waals surface area (Å²) in [6, 6.07) is 5.57. The molecule has 0 aliphatic heterocycles. The summed E-state index contributed by atoms with van der Waals surface area (Å²) in [4.78, 5) is 0. The fourth-order valence-corrected chi connectivity index (χ4v) is 3.20. The van der Waals surface area contributed by atoms with Gasteiger partial charge in [-0.25, -0.2) is 4.68 Å². The first-order valence-corrected chi connectivity index (χ1v) is 7.92. The third-order valence-electron chi connectivity index (χ3n) is 2.71. The van der Waals surface area contributed by atoms with Gasteiger partial charge < -0.3 is 5.32 Å². The Kier molecular flexibility index (Phi) is 5.49. The maximum Gasteiger partial charge on any atom is 0.102 e. The van der Waals surface area contributed by atoms with Gasteiger partial charge >= 0.3 is 0 Å². The second kappa shape index (κ2) is 6.94. The maximum atomic E-state index is 6.23. The Morgan fingerprint density at radius 2 is 1.95 bits per heavy atom. The van der Waals surface area contributed by atoms with E-state index in [1.54, 1.807) is 16.8 Å². The fraction of sp³-hybridized carbons (Fsp3) is 0.357.